The number of hydrogen-bond donors (Lipinski definition) is 4. The molecule has 0 fully saturated rings. The van der Waals surface area contributed by atoms with Crippen molar-refractivity contribution in [1.29, 1.82) is 0 Å². The topological polar surface area (TPSA) is 105 Å². The number of carbonyl (C=O) groups is 1. The summed E-state index contributed by atoms with van der Waals surface area (Å²) in [5.41, 5.74) is 4.84. The molecule has 0 radical (unpaired) electrons. The van der Waals surface area contributed by atoms with Crippen LogP contribution in [0, 0.1) is 0 Å². The van der Waals surface area contributed by atoms with Crippen LogP contribution in [0.5, 0.6) is 0 Å². The zero-order valence-corrected chi connectivity index (χ0v) is 11.8. The van der Waals surface area contributed by atoms with Crippen LogP contribution in [-0.2, 0) is 30.0 Å². The molecule has 2 amide bonds. The Bertz CT molecular complexity index is 665. The van der Waals surface area contributed by atoms with Gasteiger partial charge in [0.1, 0.15) is 10.8 Å². The molecular weight excluding hydrogens is 278 g/mol. The van der Waals surface area contributed by atoms with Crippen LogP contribution in [0.2, 0.25) is 0 Å². The zero-order valence-electron chi connectivity index (χ0n) is 10.9. The average Bonchev–Trinajstić information content (AvgIpc) is 2.95. The first-order chi connectivity index (χ1) is 9.56. The van der Waals surface area contributed by atoms with E-state index in [1.54, 1.807) is 0 Å². The maximum absolute atomic E-state index is 11.7. The highest BCUT2D eigenvalue weighted by Crippen LogP contribution is 2.42. The first-order valence-electron chi connectivity index (χ1n) is 6.66. The second-order valence-corrected chi connectivity index (χ2v) is 6.01. The smallest absolute Gasteiger partial charge is 0.354 e. The fourth-order valence-corrected chi connectivity index (χ4v) is 3.44. The number of carbonyl (C=O) groups excluding carboxylic acids is 1. The van der Waals surface area contributed by atoms with Crippen LogP contribution in [0.25, 0.3) is 0 Å². The first-order valence-corrected chi connectivity index (χ1v) is 7.94. The van der Waals surface area contributed by atoms with Crippen LogP contribution in [0.15, 0.2) is 10.4 Å². The zero-order chi connectivity index (χ0) is 14.3. The third-order valence-electron chi connectivity index (χ3n) is 3.97. The molecule has 108 valence electrons. The van der Waals surface area contributed by atoms with Crippen molar-refractivity contribution in [2.75, 3.05) is 5.32 Å². The number of anilines is 1. The van der Waals surface area contributed by atoms with Crippen molar-refractivity contribution in [3.05, 3.63) is 28.3 Å². The normalized spacial score (nSPS) is 21.6. The highest BCUT2D eigenvalue weighted by atomic mass is 32.2. The molecule has 2 aliphatic rings. The van der Waals surface area contributed by atoms with Crippen LogP contribution >= 0.6 is 0 Å². The number of nitrogens with two attached hydrogens (primary N) is 1. The number of hydrogen-bond acceptors (Lipinski definition) is 3. The minimum Gasteiger partial charge on any atom is -0.388 e. The molecule has 6 nitrogen and oxygen atoms in total. The van der Waals surface area contributed by atoms with E-state index in [4.69, 9.17) is 5.14 Å². The van der Waals surface area contributed by atoms with Gasteiger partial charge in [0.2, 0.25) is 0 Å². The van der Waals surface area contributed by atoms with Gasteiger partial charge < -0.3 is 10.4 Å². The molecule has 0 spiro atoms. The van der Waals surface area contributed by atoms with Crippen molar-refractivity contribution < 1.29 is 14.1 Å². The Hall–Kier alpha value is -1.44. The van der Waals surface area contributed by atoms with Gasteiger partial charge in [-0.1, -0.05) is 6.07 Å². The molecule has 7 heteroatoms. The lowest BCUT2D eigenvalue weighted by atomic mass is 9.98. The van der Waals surface area contributed by atoms with Crippen molar-refractivity contribution in [3.8, 4) is 0 Å². The molecule has 4 N–H and O–H groups in total. The summed E-state index contributed by atoms with van der Waals surface area (Å²) < 4.78 is 14.1. The predicted molar refractivity (Wildman–Crippen MR) is 76.9 cm³/mol. The summed E-state index contributed by atoms with van der Waals surface area (Å²) in [6.07, 6.45) is 3.83. The second kappa shape index (κ2) is 5.16. The Morgan fingerprint density at radius 1 is 1.40 bits per heavy atom. The van der Waals surface area contributed by atoms with E-state index in [-0.39, 0.29) is 0 Å². The summed E-state index contributed by atoms with van der Waals surface area (Å²) >= 11 is 0. The Labute approximate surface area is 118 Å². The summed E-state index contributed by atoms with van der Waals surface area (Å²) in [5, 5.41) is 17.8. The lowest BCUT2D eigenvalue weighted by Gasteiger charge is -2.16. The van der Waals surface area contributed by atoms with E-state index in [0.29, 0.717) is 12.1 Å². The van der Waals surface area contributed by atoms with Crippen LogP contribution in [0.3, 0.4) is 0 Å². The highest BCUT2D eigenvalue weighted by molar-refractivity contribution is 7.72. The molecule has 0 saturated heterocycles. The first kappa shape index (κ1) is 13.5. The van der Waals surface area contributed by atoms with Gasteiger partial charge in [-0.3, -0.25) is 0 Å². The monoisotopic (exact) mass is 295 g/mol. The number of aryl methyl sites for hydroxylation is 2. The van der Waals surface area contributed by atoms with Gasteiger partial charge in [-0.25, -0.2) is 14.1 Å². The van der Waals surface area contributed by atoms with Gasteiger partial charge in [0, 0.05) is 5.56 Å². The average molecular weight is 295 g/mol. The van der Waals surface area contributed by atoms with Crippen LogP contribution in [0.4, 0.5) is 10.5 Å². The van der Waals surface area contributed by atoms with Gasteiger partial charge in [0.25, 0.3) is 0 Å². The molecule has 20 heavy (non-hydrogen) atoms. The molecule has 0 saturated carbocycles. The predicted octanol–water partition coefficient (Wildman–Crippen LogP) is 1.23. The van der Waals surface area contributed by atoms with E-state index in [1.807, 2.05) is 0 Å². The minimum absolute atomic E-state index is 0.558. The summed E-state index contributed by atoms with van der Waals surface area (Å²) in [6.45, 7) is 0. The van der Waals surface area contributed by atoms with Crippen LogP contribution < -0.4 is 10.5 Å². The van der Waals surface area contributed by atoms with E-state index in [2.05, 4.69) is 15.7 Å². The number of urea groups is 1. The maximum atomic E-state index is 11.7. The minimum atomic E-state index is -2.36. The van der Waals surface area contributed by atoms with Gasteiger partial charge in [0.15, 0.2) is 0 Å². The van der Waals surface area contributed by atoms with Crippen molar-refractivity contribution in [3.63, 3.8) is 0 Å². The summed E-state index contributed by atoms with van der Waals surface area (Å²) in [5.74, 6) is 0. The molecule has 1 aromatic carbocycles. The molecule has 0 heterocycles. The Morgan fingerprint density at radius 3 is 2.95 bits per heavy atom. The van der Waals surface area contributed by atoms with Gasteiger partial charge in [-0.2, -0.15) is 0 Å². The number of fused-ring (bicyclic) bond motifs is 2. The molecule has 2 unspecified atom stereocenters. The lowest BCUT2D eigenvalue weighted by molar-refractivity contribution is 0.180. The SMILES string of the molecule is N/[SH](=O)=N\C(=O)Nc1c2c(cc3c1C(O)CC3)CCC2. The Balaban J connectivity index is 2.07. The molecule has 1 aromatic rings. The lowest BCUT2D eigenvalue weighted by Crippen LogP contribution is -2.13. The number of benzene rings is 1. The number of amides is 2. The van der Waals surface area contributed by atoms with E-state index in [9.17, 15) is 14.1 Å². The van der Waals surface area contributed by atoms with Gasteiger partial charge in [-0.05, 0) is 48.8 Å². The van der Waals surface area contributed by atoms with E-state index < -0.39 is 22.9 Å². The molecule has 0 aromatic heterocycles. The molecule has 3 rings (SSSR count). The van der Waals surface area contributed by atoms with Gasteiger partial charge in [0.05, 0.1) is 11.8 Å². The molecule has 0 aliphatic heterocycles. The number of thiol groups is 1. The Morgan fingerprint density at radius 2 is 2.20 bits per heavy atom. The number of rotatable bonds is 1. The third kappa shape index (κ3) is 2.32. The molecular formula is C13H17N3O3S. The summed E-state index contributed by atoms with van der Waals surface area (Å²) in [7, 11) is -2.36. The quantitative estimate of drug-likeness (QED) is 0.585. The van der Waals surface area contributed by atoms with E-state index in [1.165, 1.54) is 5.56 Å². The fourth-order valence-electron chi connectivity index (χ4n) is 3.21. The largest absolute Gasteiger partial charge is 0.388 e. The number of nitrogens with one attached hydrogen (secondary N) is 1. The molecule has 2 atom stereocenters. The summed E-state index contributed by atoms with van der Waals surface area (Å²) in [4.78, 5) is 11.7. The standard InChI is InChI=1S/C13H17N3O3S/c14-20(19)16-13(18)15-12-9-3-1-2-7(9)6-8-4-5-10(17)11(8)12/h6,10,17,20H,1-5H2,(H3,14,15,16,18,19). The van der Waals surface area contributed by atoms with Crippen molar-refractivity contribution in [2.45, 2.75) is 38.2 Å². The number of aliphatic hydroxyl groups excluding tert-OH is 1. The van der Waals surface area contributed by atoms with Crippen molar-refractivity contribution in [2.24, 2.45) is 9.50 Å². The number of nitrogens with zero attached hydrogens (tertiary/aromatic N) is 1. The van der Waals surface area contributed by atoms with Gasteiger partial charge >= 0.3 is 6.03 Å². The van der Waals surface area contributed by atoms with Crippen LogP contribution in [-0.4, -0.2) is 15.3 Å². The van der Waals surface area contributed by atoms with Crippen molar-refractivity contribution >= 4 is 22.5 Å². The van der Waals surface area contributed by atoms with E-state index in [0.717, 1.165) is 42.4 Å². The maximum Gasteiger partial charge on any atom is 0.354 e. The second-order valence-electron chi connectivity index (χ2n) is 5.20. The number of aliphatic hydroxyl groups is 1. The van der Waals surface area contributed by atoms with Gasteiger partial charge in [-0.15, -0.1) is 4.36 Å². The third-order valence-corrected chi connectivity index (χ3v) is 4.35. The Kier molecular flexibility index (Phi) is 3.49. The summed E-state index contributed by atoms with van der Waals surface area (Å²) in [6, 6.07) is 1.43. The van der Waals surface area contributed by atoms with Crippen LogP contribution in [0.1, 0.15) is 41.2 Å². The molecule has 2 aliphatic carbocycles. The molecule has 0 bridgehead atoms. The van der Waals surface area contributed by atoms with E-state index >= 15 is 0 Å². The fraction of sp³-hybridized carbons (Fsp3) is 0.462. The van der Waals surface area contributed by atoms with Crippen molar-refractivity contribution in [1.82, 2.24) is 0 Å². The highest BCUT2D eigenvalue weighted by Gasteiger charge is 2.29.